The van der Waals surface area contributed by atoms with Crippen molar-refractivity contribution in [1.82, 2.24) is 5.32 Å². The maximum absolute atomic E-state index is 11.7. The molecule has 0 spiro atoms. The minimum Gasteiger partial charge on any atom is -0.379 e. The molecule has 19 heavy (non-hydrogen) atoms. The van der Waals surface area contributed by atoms with E-state index in [0.717, 1.165) is 17.7 Å². The maximum atomic E-state index is 11.7. The van der Waals surface area contributed by atoms with Crippen LogP contribution in [-0.2, 0) is 4.74 Å². The highest BCUT2D eigenvalue weighted by atomic mass is 16.5. The number of anilines is 1. The van der Waals surface area contributed by atoms with Gasteiger partial charge in [0, 0.05) is 18.8 Å². The zero-order valence-corrected chi connectivity index (χ0v) is 12.2. The molecule has 0 aliphatic rings. The fourth-order valence-electron chi connectivity index (χ4n) is 1.65. The first-order valence-electron chi connectivity index (χ1n) is 6.73. The lowest BCUT2D eigenvalue weighted by Gasteiger charge is -2.12. The smallest absolute Gasteiger partial charge is 0.319 e. The molecule has 0 fully saturated rings. The van der Waals surface area contributed by atoms with Crippen LogP contribution in [0.5, 0.6) is 0 Å². The molecule has 0 aromatic heterocycles. The molecule has 0 saturated heterocycles. The van der Waals surface area contributed by atoms with Crippen molar-refractivity contribution >= 4 is 11.7 Å². The number of hydrogen-bond donors (Lipinski definition) is 2. The van der Waals surface area contributed by atoms with Crippen LogP contribution in [0.2, 0.25) is 0 Å². The second-order valence-electron chi connectivity index (χ2n) is 4.90. The Morgan fingerprint density at radius 3 is 2.74 bits per heavy atom. The zero-order valence-electron chi connectivity index (χ0n) is 12.2. The van der Waals surface area contributed by atoms with E-state index in [9.17, 15) is 4.79 Å². The van der Waals surface area contributed by atoms with Gasteiger partial charge in [0.05, 0.1) is 6.10 Å². The molecule has 0 atom stereocenters. The molecule has 0 aliphatic heterocycles. The average Bonchev–Trinajstić information content (AvgIpc) is 2.34. The Bertz CT molecular complexity index is 417. The van der Waals surface area contributed by atoms with E-state index in [0.29, 0.717) is 13.2 Å². The van der Waals surface area contributed by atoms with Gasteiger partial charge in [0.1, 0.15) is 0 Å². The van der Waals surface area contributed by atoms with E-state index in [4.69, 9.17) is 4.74 Å². The van der Waals surface area contributed by atoms with Gasteiger partial charge in [0.25, 0.3) is 0 Å². The van der Waals surface area contributed by atoms with Gasteiger partial charge < -0.3 is 15.4 Å². The van der Waals surface area contributed by atoms with Crippen LogP contribution >= 0.6 is 0 Å². The van der Waals surface area contributed by atoms with E-state index in [-0.39, 0.29) is 12.1 Å². The minimum atomic E-state index is -0.168. The molecule has 0 radical (unpaired) electrons. The Morgan fingerprint density at radius 1 is 1.32 bits per heavy atom. The van der Waals surface area contributed by atoms with E-state index in [1.54, 1.807) is 0 Å². The summed E-state index contributed by atoms with van der Waals surface area (Å²) in [7, 11) is 0. The third-order valence-electron chi connectivity index (χ3n) is 2.91. The van der Waals surface area contributed by atoms with Gasteiger partial charge in [0.15, 0.2) is 0 Å². The summed E-state index contributed by atoms with van der Waals surface area (Å²) in [5.74, 6) is 0. The summed E-state index contributed by atoms with van der Waals surface area (Å²) in [6.45, 7) is 9.31. The lowest BCUT2D eigenvalue weighted by Crippen LogP contribution is -2.30. The molecule has 0 aliphatic carbocycles. The number of aryl methyl sites for hydroxylation is 1. The normalized spacial score (nSPS) is 10.6. The SMILES string of the molecule is Cc1cccc(NC(=O)NCCCOC(C)C)c1C. The standard InChI is InChI=1S/C15H24N2O2/c1-11(2)19-10-6-9-16-15(18)17-14-8-5-7-12(3)13(14)4/h5,7-8,11H,6,9-10H2,1-4H3,(H2,16,17,18). The van der Waals surface area contributed by atoms with Crippen molar-refractivity contribution in [3.63, 3.8) is 0 Å². The van der Waals surface area contributed by atoms with Crippen molar-refractivity contribution in [1.29, 1.82) is 0 Å². The number of ether oxygens (including phenoxy) is 1. The summed E-state index contributed by atoms with van der Waals surface area (Å²) in [5.41, 5.74) is 3.12. The van der Waals surface area contributed by atoms with Crippen molar-refractivity contribution in [2.45, 2.75) is 40.2 Å². The maximum Gasteiger partial charge on any atom is 0.319 e. The number of hydrogen-bond acceptors (Lipinski definition) is 2. The molecule has 4 nitrogen and oxygen atoms in total. The largest absolute Gasteiger partial charge is 0.379 e. The molecule has 0 unspecified atom stereocenters. The van der Waals surface area contributed by atoms with E-state index >= 15 is 0 Å². The van der Waals surface area contributed by atoms with Crippen LogP contribution in [0.25, 0.3) is 0 Å². The minimum absolute atomic E-state index is 0.168. The van der Waals surface area contributed by atoms with Gasteiger partial charge in [-0.15, -0.1) is 0 Å². The summed E-state index contributed by atoms with van der Waals surface area (Å²) in [4.78, 5) is 11.7. The predicted molar refractivity (Wildman–Crippen MR) is 78.6 cm³/mol. The number of rotatable bonds is 6. The van der Waals surface area contributed by atoms with Crippen LogP contribution in [-0.4, -0.2) is 25.3 Å². The number of carbonyl (C=O) groups excluding carboxylic acids is 1. The molecule has 4 heteroatoms. The molecule has 1 aromatic rings. The molecule has 106 valence electrons. The van der Waals surface area contributed by atoms with Gasteiger partial charge in [-0.1, -0.05) is 12.1 Å². The summed E-state index contributed by atoms with van der Waals surface area (Å²) in [6, 6.07) is 5.71. The van der Waals surface area contributed by atoms with E-state index in [1.165, 1.54) is 5.56 Å². The van der Waals surface area contributed by atoms with Gasteiger partial charge in [-0.05, 0) is 51.3 Å². The molecule has 1 rings (SSSR count). The zero-order chi connectivity index (χ0) is 14.3. The van der Waals surface area contributed by atoms with Crippen molar-refractivity contribution in [3.8, 4) is 0 Å². The molecule has 0 heterocycles. The van der Waals surface area contributed by atoms with E-state index in [2.05, 4.69) is 10.6 Å². The van der Waals surface area contributed by atoms with Gasteiger partial charge in [0.2, 0.25) is 0 Å². The highest BCUT2D eigenvalue weighted by Gasteiger charge is 2.04. The Hall–Kier alpha value is -1.55. The van der Waals surface area contributed by atoms with Gasteiger partial charge in [-0.2, -0.15) is 0 Å². The van der Waals surface area contributed by atoms with Crippen molar-refractivity contribution in [3.05, 3.63) is 29.3 Å². The first-order chi connectivity index (χ1) is 9.00. The first kappa shape index (κ1) is 15.5. The fraction of sp³-hybridized carbons (Fsp3) is 0.533. The molecule has 2 amide bonds. The number of amides is 2. The molecular formula is C15H24N2O2. The topological polar surface area (TPSA) is 50.4 Å². The van der Waals surface area contributed by atoms with Crippen LogP contribution in [0.15, 0.2) is 18.2 Å². The Labute approximate surface area is 115 Å². The Balaban J connectivity index is 2.29. The summed E-state index contributed by atoms with van der Waals surface area (Å²) < 4.78 is 5.41. The number of nitrogens with one attached hydrogen (secondary N) is 2. The number of urea groups is 1. The lowest BCUT2D eigenvalue weighted by atomic mass is 10.1. The molecule has 2 N–H and O–H groups in total. The van der Waals surface area contributed by atoms with Gasteiger partial charge in [-0.25, -0.2) is 4.79 Å². The van der Waals surface area contributed by atoms with Crippen LogP contribution in [0, 0.1) is 13.8 Å². The summed E-state index contributed by atoms with van der Waals surface area (Å²) in [5, 5.41) is 5.68. The fourth-order valence-corrected chi connectivity index (χ4v) is 1.65. The number of carbonyl (C=O) groups is 1. The highest BCUT2D eigenvalue weighted by Crippen LogP contribution is 2.17. The van der Waals surface area contributed by atoms with Crippen molar-refractivity contribution in [2.75, 3.05) is 18.5 Å². The van der Waals surface area contributed by atoms with Crippen LogP contribution in [0.3, 0.4) is 0 Å². The molecule has 0 bridgehead atoms. The highest BCUT2D eigenvalue weighted by molar-refractivity contribution is 5.90. The predicted octanol–water partition coefficient (Wildman–Crippen LogP) is 3.24. The third kappa shape index (κ3) is 5.75. The second kappa shape index (κ2) is 7.79. The van der Waals surface area contributed by atoms with Crippen LogP contribution < -0.4 is 10.6 Å². The molecular weight excluding hydrogens is 240 g/mol. The second-order valence-corrected chi connectivity index (χ2v) is 4.90. The van der Waals surface area contributed by atoms with Crippen molar-refractivity contribution in [2.24, 2.45) is 0 Å². The van der Waals surface area contributed by atoms with Crippen LogP contribution in [0.4, 0.5) is 10.5 Å². The lowest BCUT2D eigenvalue weighted by molar-refractivity contribution is 0.0775. The third-order valence-corrected chi connectivity index (χ3v) is 2.91. The van der Waals surface area contributed by atoms with Gasteiger partial charge in [-0.3, -0.25) is 0 Å². The molecule has 0 saturated carbocycles. The number of benzene rings is 1. The van der Waals surface area contributed by atoms with E-state index in [1.807, 2.05) is 45.9 Å². The Morgan fingerprint density at radius 2 is 2.05 bits per heavy atom. The summed E-state index contributed by atoms with van der Waals surface area (Å²) >= 11 is 0. The first-order valence-corrected chi connectivity index (χ1v) is 6.73. The van der Waals surface area contributed by atoms with Crippen molar-refractivity contribution < 1.29 is 9.53 Å². The summed E-state index contributed by atoms with van der Waals surface area (Å²) in [6.07, 6.45) is 1.06. The monoisotopic (exact) mass is 264 g/mol. The average molecular weight is 264 g/mol. The Kier molecular flexibility index (Phi) is 6.36. The quantitative estimate of drug-likeness (QED) is 0.775. The van der Waals surface area contributed by atoms with Crippen LogP contribution in [0.1, 0.15) is 31.4 Å². The molecule has 1 aromatic carbocycles. The van der Waals surface area contributed by atoms with E-state index < -0.39 is 0 Å². The van der Waals surface area contributed by atoms with Gasteiger partial charge >= 0.3 is 6.03 Å².